The maximum Gasteiger partial charge on any atom is 0.322 e. The predicted octanol–water partition coefficient (Wildman–Crippen LogP) is 1.89. The molecule has 3 amide bonds. The molecule has 1 saturated heterocycles. The van der Waals surface area contributed by atoms with Crippen molar-refractivity contribution >= 4 is 27.9 Å². The number of benzene rings is 1. The fourth-order valence-electron chi connectivity index (χ4n) is 1.88. The van der Waals surface area contributed by atoms with Gasteiger partial charge in [0.2, 0.25) is 0 Å². The van der Waals surface area contributed by atoms with Crippen LogP contribution in [0.5, 0.6) is 0 Å². The van der Waals surface area contributed by atoms with Crippen molar-refractivity contribution in [3.05, 3.63) is 34.3 Å². The second kappa shape index (κ2) is 3.90. The van der Waals surface area contributed by atoms with E-state index in [2.05, 4.69) is 26.6 Å². The van der Waals surface area contributed by atoms with E-state index in [-0.39, 0.29) is 5.91 Å². The standard InChI is InChI=1S/C11H11BrN2O2/c1-2-11(9(15)13-10(16)14-11)7-3-5-8(12)6-4-7/h3-6H,2H2,1H3,(H2,13,14,15,16). The highest BCUT2D eigenvalue weighted by molar-refractivity contribution is 9.10. The molecule has 84 valence electrons. The number of urea groups is 1. The summed E-state index contributed by atoms with van der Waals surface area (Å²) in [6.45, 7) is 1.87. The van der Waals surface area contributed by atoms with Crippen LogP contribution in [0.25, 0.3) is 0 Å². The van der Waals surface area contributed by atoms with Crippen LogP contribution in [0.4, 0.5) is 4.79 Å². The highest BCUT2D eigenvalue weighted by Gasteiger charge is 2.45. The minimum absolute atomic E-state index is 0.290. The molecule has 0 spiro atoms. The average Bonchev–Trinajstić information content (AvgIpc) is 2.55. The van der Waals surface area contributed by atoms with E-state index < -0.39 is 11.6 Å². The molecule has 0 bridgehead atoms. The van der Waals surface area contributed by atoms with Gasteiger partial charge in [0.1, 0.15) is 5.54 Å². The van der Waals surface area contributed by atoms with Crippen molar-refractivity contribution in [3.63, 3.8) is 0 Å². The Bertz CT molecular complexity index is 444. The van der Waals surface area contributed by atoms with Crippen molar-refractivity contribution in [2.75, 3.05) is 0 Å². The van der Waals surface area contributed by atoms with Gasteiger partial charge in [0.25, 0.3) is 5.91 Å². The Labute approximate surface area is 102 Å². The first-order chi connectivity index (χ1) is 7.58. The molecule has 2 N–H and O–H groups in total. The fourth-order valence-corrected chi connectivity index (χ4v) is 2.15. The van der Waals surface area contributed by atoms with Crippen LogP contribution in [-0.2, 0) is 10.3 Å². The van der Waals surface area contributed by atoms with Crippen molar-refractivity contribution in [2.45, 2.75) is 18.9 Å². The summed E-state index contributed by atoms with van der Waals surface area (Å²) in [7, 11) is 0. The quantitative estimate of drug-likeness (QED) is 0.814. The molecule has 0 saturated carbocycles. The van der Waals surface area contributed by atoms with Crippen LogP contribution in [0.2, 0.25) is 0 Å². The molecule has 0 aromatic heterocycles. The van der Waals surface area contributed by atoms with Crippen LogP contribution in [0.15, 0.2) is 28.7 Å². The topological polar surface area (TPSA) is 58.2 Å². The van der Waals surface area contributed by atoms with Crippen LogP contribution < -0.4 is 10.6 Å². The van der Waals surface area contributed by atoms with Crippen LogP contribution in [0.1, 0.15) is 18.9 Å². The van der Waals surface area contributed by atoms with Gasteiger partial charge in [0.15, 0.2) is 0 Å². The third-order valence-corrected chi connectivity index (χ3v) is 3.34. The summed E-state index contributed by atoms with van der Waals surface area (Å²) in [4.78, 5) is 23.0. The van der Waals surface area contributed by atoms with E-state index in [4.69, 9.17) is 0 Å². The Morgan fingerprint density at radius 3 is 2.31 bits per heavy atom. The first-order valence-electron chi connectivity index (χ1n) is 4.98. The number of carbonyl (C=O) groups is 2. The minimum atomic E-state index is -0.919. The molecule has 0 radical (unpaired) electrons. The highest BCUT2D eigenvalue weighted by Crippen LogP contribution is 2.29. The van der Waals surface area contributed by atoms with Gasteiger partial charge in [0.05, 0.1) is 0 Å². The molecule has 5 heteroatoms. The van der Waals surface area contributed by atoms with Gasteiger partial charge in [-0.3, -0.25) is 10.1 Å². The van der Waals surface area contributed by atoms with Crippen molar-refractivity contribution in [3.8, 4) is 0 Å². The van der Waals surface area contributed by atoms with Crippen molar-refractivity contribution < 1.29 is 9.59 Å². The van der Waals surface area contributed by atoms with E-state index in [1.807, 2.05) is 31.2 Å². The number of imide groups is 1. The third-order valence-electron chi connectivity index (χ3n) is 2.81. The number of amides is 3. The summed E-state index contributed by atoms with van der Waals surface area (Å²) < 4.78 is 0.937. The molecule has 0 aliphatic carbocycles. The molecule has 2 rings (SSSR count). The van der Waals surface area contributed by atoms with Crippen LogP contribution >= 0.6 is 15.9 Å². The number of rotatable bonds is 2. The zero-order valence-corrected chi connectivity index (χ0v) is 10.3. The summed E-state index contributed by atoms with van der Waals surface area (Å²) in [6, 6.07) is 6.93. The Hall–Kier alpha value is -1.36. The minimum Gasteiger partial charge on any atom is -0.319 e. The molecule has 1 atom stereocenters. The van der Waals surface area contributed by atoms with Crippen molar-refractivity contribution in [1.29, 1.82) is 0 Å². The number of nitrogens with one attached hydrogen (secondary N) is 2. The Kier molecular flexibility index (Phi) is 2.71. The van der Waals surface area contributed by atoms with Gasteiger partial charge < -0.3 is 5.32 Å². The molecule has 1 unspecified atom stereocenters. The normalized spacial score (nSPS) is 24.1. The van der Waals surface area contributed by atoms with E-state index in [1.54, 1.807) is 0 Å². The van der Waals surface area contributed by atoms with Crippen molar-refractivity contribution in [1.82, 2.24) is 10.6 Å². The summed E-state index contributed by atoms with van der Waals surface area (Å²) in [5.41, 5.74) is -0.126. The molecule has 1 aliphatic heterocycles. The highest BCUT2D eigenvalue weighted by atomic mass is 79.9. The van der Waals surface area contributed by atoms with Gasteiger partial charge in [-0.1, -0.05) is 35.0 Å². The smallest absolute Gasteiger partial charge is 0.319 e. The molecule has 1 fully saturated rings. The second-order valence-corrected chi connectivity index (χ2v) is 4.59. The molecule has 1 heterocycles. The van der Waals surface area contributed by atoms with E-state index in [0.29, 0.717) is 6.42 Å². The van der Waals surface area contributed by atoms with Gasteiger partial charge in [-0.05, 0) is 24.1 Å². The first kappa shape index (κ1) is 11.1. The summed E-state index contributed by atoms with van der Waals surface area (Å²) in [5, 5.41) is 4.96. The second-order valence-electron chi connectivity index (χ2n) is 3.67. The maximum absolute atomic E-state index is 11.8. The van der Waals surface area contributed by atoms with Gasteiger partial charge in [-0.15, -0.1) is 0 Å². The lowest BCUT2D eigenvalue weighted by atomic mass is 9.87. The summed E-state index contributed by atoms with van der Waals surface area (Å²) in [5.74, 6) is -0.290. The zero-order chi connectivity index (χ0) is 11.8. The largest absolute Gasteiger partial charge is 0.322 e. The molecule has 1 aliphatic rings. The number of carbonyl (C=O) groups excluding carboxylic acids is 2. The summed E-state index contributed by atoms with van der Waals surface area (Å²) in [6.07, 6.45) is 0.520. The van der Waals surface area contributed by atoms with Crippen LogP contribution in [-0.4, -0.2) is 11.9 Å². The maximum atomic E-state index is 11.8. The molecule has 1 aromatic rings. The Balaban J connectivity index is 2.46. The third kappa shape index (κ3) is 1.61. The van der Waals surface area contributed by atoms with Crippen molar-refractivity contribution in [2.24, 2.45) is 0 Å². The lowest BCUT2D eigenvalue weighted by molar-refractivity contribution is -0.124. The van der Waals surface area contributed by atoms with Crippen LogP contribution in [0.3, 0.4) is 0 Å². The fraction of sp³-hybridized carbons (Fsp3) is 0.273. The first-order valence-corrected chi connectivity index (χ1v) is 5.77. The molecule has 1 aromatic carbocycles. The lowest BCUT2D eigenvalue weighted by Crippen LogP contribution is -2.43. The molecule has 4 nitrogen and oxygen atoms in total. The van der Waals surface area contributed by atoms with Gasteiger partial charge >= 0.3 is 6.03 Å². The van der Waals surface area contributed by atoms with E-state index >= 15 is 0 Å². The van der Waals surface area contributed by atoms with Gasteiger partial charge in [-0.2, -0.15) is 0 Å². The SMILES string of the molecule is CCC1(c2ccc(Br)cc2)NC(=O)NC1=O. The number of hydrogen-bond donors (Lipinski definition) is 2. The predicted molar refractivity (Wildman–Crippen MR) is 62.8 cm³/mol. The average molecular weight is 283 g/mol. The van der Waals surface area contributed by atoms with E-state index in [1.165, 1.54) is 0 Å². The number of hydrogen-bond acceptors (Lipinski definition) is 2. The molecule has 16 heavy (non-hydrogen) atoms. The van der Waals surface area contributed by atoms with E-state index in [9.17, 15) is 9.59 Å². The monoisotopic (exact) mass is 282 g/mol. The zero-order valence-electron chi connectivity index (χ0n) is 8.71. The Morgan fingerprint density at radius 1 is 1.25 bits per heavy atom. The molecular weight excluding hydrogens is 272 g/mol. The van der Waals surface area contributed by atoms with E-state index in [0.717, 1.165) is 10.0 Å². The lowest BCUT2D eigenvalue weighted by Gasteiger charge is -2.24. The Morgan fingerprint density at radius 2 is 1.88 bits per heavy atom. The van der Waals surface area contributed by atoms with Gasteiger partial charge in [-0.25, -0.2) is 4.79 Å². The molecular formula is C11H11BrN2O2. The summed E-state index contributed by atoms with van der Waals surface area (Å²) >= 11 is 3.33. The van der Waals surface area contributed by atoms with Crippen LogP contribution in [0, 0.1) is 0 Å². The number of halogens is 1. The van der Waals surface area contributed by atoms with Gasteiger partial charge in [0, 0.05) is 4.47 Å².